The molecule has 1 aliphatic heterocycles. The summed E-state index contributed by atoms with van der Waals surface area (Å²) >= 11 is 0. The zero-order valence-corrected chi connectivity index (χ0v) is 13.1. The number of hydrogen-bond donors (Lipinski definition) is 1. The second-order valence-corrected chi connectivity index (χ2v) is 5.98. The van der Waals surface area contributed by atoms with Crippen LogP contribution in [0.5, 0.6) is 0 Å². The average molecular weight is 327 g/mol. The molecule has 0 saturated heterocycles. The Morgan fingerprint density at radius 2 is 2.00 bits per heavy atom. The number of nitrogens with zero attached hydrogens (tertiary/aromatic N) is 4. The first-order valence-electron chi connectivity index (χ1n) is 7.96. The number of fused-ring (bicyclic) bond motifs is 2. The molecule has 6 heteroatoms. The lowest BCUT2D eigenvalue weighted by Gasteiger charge is -2.19. The Hall–Kier alpha value is -3.54. The highest BCUT2D eigenvalue weighted by Crippen LogP contribution is 2.41. The standard InChI is InChI=1S/C19H13N5O/c25-23-13-5-3-4-12(10-13)17-15-8-9-24-19(15)18(20-11-21-24)14-6-1-2-7-16(14)22-17/h1-11,17,22H. The highest BCUT2D eigenvalue weighted by Gasteiger charge is 2.26. The molecule has 0 spiro atoms. The van der Waals surface area contributed by atoms with Crippen LogP contribution >= 0.6 is 0 Å². The second kappa shape index (κ2) is 5.24. The zero-order chi connectivity index (χ0) is 16.8. The Labute approximate surface area is 143 Å². The average Bonchev–Trinajstić information content (AvgIpc) is 3.04. The third-order valence-corrected chi connectivity index (χ3v) is 4.59. The van der Waals surface area contributed by atoms with E-state index in [1.54, 1.807) is 12.4 Å². The summed E-state index contributed by atoms with van der Waals surface area (Å²) in [4.78, 5) is 15.5. The van der Waals surface area contributed by atoms with Gasteiger partial charge in [0, 0.05) is 23.0 Å². The van der Waals surface area contributed by atoms with Crippen molar-refractivity contribution in [3.63, 3.8) is 0 Å². The molecule has 0 bridgehead atoms. The van der Waals surface area contributed by atoms with E-state index in [0.29, 0.717) is 5.69 Å². The molecule has 0 aliphatic carbocycles. The van der Waals surface area contributed by atoms with Gasteiger partial charge in [0.2, 0.25) is 0 Å². The minimum Gasteiger partial charge on any atom is -0.374 e. The largest absolute Gasteiger partial charge is 0.374 e. The van der Waals surface area contributed by atoms with Crippen molar-refractivity contribution in [2.24, 2.45) is 5.18 Å². The molecule has 4 aromatic rings. The van der Waals surface area contributed by atoms with Crippen LogP contribution in [-0.2, 0) is 0 Å². The minimum atomic E-state index is -0.125. The third-order valence-electron chi connectivity index (χ3n) is 4.59. The number of nitrogens with one attached hydrogen (secondary N) is 1. The van der Waals surface area contributed by atoms with Gasteiger partial charge in [0.05, 0.1) is 11.6 Å². The van der Waals surface area contributed by atoms with Crippen LogP contribution in [0, 0.1) is 4.91 Å². The number of aromatic nitrogens is 3. The lowest BCUT2D eigenvalue weighted by molar-refractivity contribution is 0.899. The van der Waals surface area contributed by atoms with Gasteiger partial charge in [-0.25, -0.2) is 9.50 Å². The van der Waals surface area contributed by atoms with Crippen molar-refractivity contribution < 1.29 is 0 Å². The van der Waals surface area contributed by atoms with Crippen molar-refractivity contribution in [3.05, 3.63) is 83.2 Å². The first-order valence-corrected chi connectivity index (χ1v) is 7.96. The molecule has 25 heavy (non-hydrogen) atoms. The van der Waals surface area contributed by atoms with Crippen LogP contribution in [0.25, 0.3) is 16.8 Å². The molecule has 1 unspecified atom stereocenters. The highest BCUT2D eigenvalue weighted by atomic mass is 16.3. The predicted octanol–water partition coefficient (Wildman–Crippen LogP) is 4.31. The van der Waals surface area contributed by atoms with Gasteiger partial charge in [-0.3, -0.25) is 0 Å². The molecule has 2 aromatic heterocycles. The number of para-hydroxylation sites is 1. The fourth-order valence-electron chi connectivity index (χ4n) is 3.48. The van der Waals surface area contributed by atoms with Crippen molar-refractivity contribution in [2.45, 2.75) is 6.04 Å². The quantitative estimate of drug-likeness (QED) is 0.557. The van der Waals surface area contributed by atoms with Gasteiger partial charge in [0.25, 0.3) is 0 Å². The minimum absolute atomic E-state index is 0.125. The van der Waals surface area contributed by atoms with Crippen LogP contribution in [0.1, 0.15) is 17.2 Å². The lowest BCUT2D eigenvalue weighted by Crippen LogP contribution is -2.11. The number of benzene rings is 2. The van der Waals surface area contributed by atoms with Crippen molar-refractivity contribution in [1.29, 1.82) is 0 Å². The van der Waals surface area contributed by atoms with E-state index in [4.69, 9.17) is 0 Å². The maximum absolute atomic E-state index is 11.0. The Morgan fingerprint density at radius 1 is 1.08 bits per heavy atom. The first kappa shape index (κ1) is 13.9. The maximum atomic E-state index is 11.0. The summed E-state index contributed by atoms with van der Waals surface area (Å²) in [6.07, 6.45) is 3.50. The van der Waals surface area contributed by atoms with Crippen LogP contribution in [0.3, 0.4) is 0 Å². The number of nitroso groups, excluding NO2 is 1. The van der Waals surface area contributed by atoms with E-state index in [0.717, 1.165) is 33.6 Å². The summed E-state index contributed by atoms with van der Waals surface area (Å²) in [7, 11) is 0. The van der Waals surface area contributed by atoms with Gasteiger partial charge in [-0.2, -0.15) is 5.10 Å². The molecule has 0 radical (unpaired) electrons. The highest BCUT2D eigenvalue weighted by molar-refractivity contribution is 5.90. The van der Waals surface area contributed by atoms with Gasteiger partial charge in [0.15, 0.2) is 0 Å². The predicted molar refractivity (Wildman–Crippen MR) is 95.8 cm³/mol. The van der Waals surface area contributed by atoms with Gasteiger partial charge in [0.1, 0.15) is 17.7 Å². The molecule has 0 amide bonds. The van der Waals surface area contributed by atoms with E-state index in [1.165, 1.54) is 0 Å². The third kappa shape index (κ3) is 2.04. The molecular formula is C19H13N5O. The van der Waals surface area contributed by atoms with Gasteiger partial charge >= 0.3 is 0 Å². The topological polar surface area (TPSA) is 71.7 Å². The van der Waals surface area contributed by atoms with E-state index < -0.39 is 0 Å². The van der Waals surface area contributed by atoms with Gasteiger partial charge in [-0.15, -0.1) is 4.91 Å². The summed E-state index contributed by atoms with van der Waals surface area (Å²) in [5.41, 5.74) is 6.33. The summed E-state index contributed by atoms with van der Waals surface area (Å²) in [5.74, 6) is 0. The Bertz CT molecular complexity index is 1120. The second-order valence-electron chi connectivity index (χ2n) is 5.98. The van der Waals surface area contributed by atoms with Crippen molar-refractivity contribution >= 4 is 16.9 Å². The number of anilines is 1. The summed E-state index contributed by atoms with van der Waals surface area (Å²) in [5, 5.41) is 11.0. The molecule has 1 aliphatic rings. The lowest BCUT2D eigenvalue weighted by atomic mass is 9.99. The molecule has 5 rings (SSSR count). The van der Waals surface area contributed by atoms with Gasteiger partial charge in [-0.1, -0.05) is 30.3 Å². The van der Waals surface area contributed by atoms with Crippen molar-refractivity contribution in [3.8, 4) is 11.3 Å². The van der Waals surface area contributed by atoms with Crippen LogP contribution in [0.15, 0.2) is 72.3 Å². The molecule has 0 fully saturated rings. The fraction of sp³-hybridized carbons (Fsp3) is 0.0526. The normalized spacial score (nSPS) is 15.3. The Kier molecular flexibility index (Phi) is 2.90. The van der Waals surface area contributed by atoms with Crippen LogP contribution in [0.2, 0.25) is 0 Å². The Morgan fingerprint density at radius 3 is 2.92 bits per heavy atom. The van der Waals surface area contributed by atoms with E-state index in [2.05, 4.69) is 20.6 Å². The molecule has 0 saturated carbocycles. The molecule has 2 aromatic carbocycles. The van der Waals surface area contributed by atoms with E-state index in [9.17, 15) is 4.91 Å². The molecule has 1 atom stereocenters. The molecular weight excluding hydrogens is 314 g/mol. The van der Waals surface area contributed by atoms with E-state index in [-0.39, 0.29) is 6.04 Å². The molecule has 3 heterocycles. The summed E-state index contributed by atoms with van der Waals surface area (Å²) in [6.45, 7) is 0. The summed E-state index contributed by atoms with van der Waals surface area (Å²) < 4.78 is 1.84. The molecule has 6 nitrogen and oxygen atoms in total. The maximum Gasteiger partial charge on any atom is 0.137 e. The number of hydrogen-bond acceptors (Lipinski definition) is 5. The molecule has 1 N–H and O–H groups in total. The van der Waals surface area contributed by atoms with Crippen molar-refractivity contribution in [2.75, 3.05) is 5.32 Å². The Balaban J connectivity index is 1.83. The monoisotopic (exact) mass is 327 g/mol. The zero-order valence-electron chi connectivity index (χ0n) is 13.1. The van der Waals surface area contributed by atoms with Crippen LogP contribution < -0.4 is 5.32 Å². The van der Waals surface area contributed by atoms with E-state index >= 15 is 0 Å². The smallest absolute Gasteiger partial charge is 0.137 e. The first-order chi connectivity index (χ1) is 12.3. The molecule has 120 valence electrons. The summed E-state index contributed by atoms with van der Waals surface area (Å²) in [6, 6.07) is 17.3. The van der Waals surface area contributed by atoms with E-state index in [1.807, 2.05) is 59.2 Å². The fourth-order valence-corrected chi connectivity index (χ4v) is 3.48. The SMILES string of the molecule is O=Nc1cccc(C2Nc3ccccc3-c3ncnn4ccc2c34)c1. The van der Waals surface area contributed by atoms with Crippen LogP contribution in [0.4, 0.5) is 11.4 Å². The number of rotatable bonds is 2. The van der Waals surface area contributed by atoms with Gasteiger partial charge < -0.3 is 5.32 Å². The van der Waals surface area contributed by atoms with Crippen molar-refractivity contribution in [1.82, 2.24) is 14.6 Å². The van der Waals surface area contributed by atoms with Crippen LogP contribution in [-0.4, -0.2) is 14.6 Å². The van der Waals surface area contributed by atoms with Gasteiger partial charge in [-0.05, 0) is 35.0 Å².